The predicted octanol–water partition coefficient (Wildman–Crippen LogP) is 3.37. The summed E-state index contributed by atoms with van der Waals surface area (Å²) in [6.07, 6.45) is 2.00. The van der Waals surface area contributed by atoms with Gasteiger partial charge in [0, 0.05) is 23.7 Å². The van der Waals surface area contributed by atoms with Crippen molar-refractivity contribution in [3.8, 4) is 0 Å². The molecule has 1 aliphatic rings. The number of hydrogen-bond donors (Lipinski definition) is 1. The van der Waals surface area contributed by atoms with E-state index in [4.69, 9.17) is 0 Å². The van der Waals surface area contributed by atoms with Crippen molar-refractivity contribution in [2.45, 2.75) is 32.4 Å². The molecule has 0 saturated heterocycles. The smallest absolute Gasteiger partial charge is 0.123 e. The fourth-order valence-electron chi connectivity index (χ4n) is 2.49. The first-order valence-electron chi connectivity index (χ1n) is 6.15. The molecule has 0 aliphatic heterocycles. The average molecular weight is 262 g/mol. The molecule has 4 heteroatoms. The quantitative estimate of drug-likeness (QED) is 0.917. The lowest BCUT2D eigenvalue weighted by Gasteiger charge is -2.12. The summed E-state index contributed by atoms with van der Waals surface area (Å²) >= 11 is 1.68. The van der Waals surface area contributed by atoms with Gasteiger partial charge >= 0.3 is 0 Å². The maximum atomic E-state index is 13.1. The monoisotopic (exact) mass is 262 g/mol. The Balaban J connectivity index is 1.69. The summed E-state index contributed by atoms with van der Waals surface area (Å²) in [5, 5.41) is 6.69. The van der Waals surface area contributed by atoms with E-state index in [0.717, 1.165) is 35.7 Å². The molecule has 0 saturated carbocycles. The van der Waals surface area contributed by atoms with Crippen LogP contribution in [0.2, 0.25) is 0 Å². The summed E-state index contributed by atoms with van der Waals surface area (Å²) < 4.78 is 13.1. The van der Waals surface area contributed by atoms with Gasteiger partial charge in [0.2, 0.25) is 0 Å². The third kappa shape index (κ3) is 2.31. The third-order valence-electron chi connectivity index (χ3n) is 3.35. The lowest BCUT2D eigenvalue weighted by atomic mass is 10.1. The molecule has 1 N–H and O–H groups in total. The van der Waals surface area contributed by atoms with Crippen LogP contribution in [0.25, 0.3) is 0 Å². The van der Waals surface area contributed by atoms with Crippen LogP contribution in [0.15, 0.2) is 23.6 Å². The molecular weight excluding hydrogens is 247 g/mol. The maximum Gasteiger partial charge on any atom is 0.123 e. The molecule has 2 aromatic rings. The number of benzene rings is 1. The first-order chi connectivity index (χ1) is 8.72. The van der Waals surface area contributed by atoms with Gasteiger partial charge in [-0.25, -0.2) is 9.37 Å². The number of halogens is 1. The number of rotatable bonds is 3. The van der Waals surface area contributed by atoms with Crippen LogP contribution in [-0.2, 0) is 13.0 Å². The normalized spacial score (nSPS) is 18.0. The molecule has 1 heterocycles. The van der Waals surface area contributed by atoms with Crippen molar-refractivity contribution in [3.63, 3.8) is 0 Å². The Labute approximate surface area is 110 Å². The molecular formula is C14H15FN2S. The number of aryl methyl sites for hydroxylation is 2. The molecule has 3 rings (SSSR count). The lowest BCUT2D eigenvalue weighted by Crippen LogP contribution is -2.18. The highest BCUT2D eigenvalue weighted by atomic mass is 32.1. The zero-order valence-corrected chi connectivity index (χ0v) is 11.1. The van der Waals surface area contributed by atoms with Crippen LogP contribution in [0.4, 0.5) is 4.39 Å². The topological polar surface area (TPSA) is 24.9 Å². The molecule has 1 unspecified atom stereocenters. The van der Waals surface area contributed by atoms with E-state index < -0.39 is 0 Å². The van der Waals surface area contributed by atoms with Crippen molar-refractivity contribution in [1.29, 1.82) is 0 Å². The number of aromatic nitrogens is 1. The predicted molar refractivity (Wildman–Crippen MR) is 71.2 cm³/mol. The van der Waals surface area contributed by atoms with E-state index in [0.29, 0.717) is 6.04 Å². The zero-order chi connectivity index (χ0) is 12.5. The van der Waals surface area contributed by atoms with Gasteiger partial charge in [-0.05, 0) is 43.0 Å². The van der Waals surface area contributed by atoms with E-state index in [1.807, 2.05) is 13.0 Å². The van der Waals surface area contributed by atoms with Gasteiger partial charge in [0.15, 0.2) is 0 Å². The highest BCUT2D eigenvalue weighted by Gasteiger charge is 2.22. The Kier molecular flexibility index (Phi) is 3.14. The van der Waals surface area contributed by atoms with Crippen LogP contribution in [0, 0.1) is 12.7 Å². The molecule has 94 valence electrons. The van der Waals surface area contributed by atoms with Gasteiger partial charge in [-0.15, -0.1) is 11.3 Å². The molecule has 0 fully saturated rings. The summed E-state index contributed by atoms with van der Waals surface area (Å²) in [5.74, 6) is -0.134. The number of fused-ring (bicyclic) bond motifs is 1. The van der Waals surface area contributed by atoms with Crippen molar-refractivity contribution in [2.24, 2.45) is 0 Å². The van der Waals surface area contributed by atoms with Gasteiger partial charge in [0.25, 0.3) is 0 Å². The molecule has 1 aromatic heterocycles. The summed E-state index contributed by atoms with van der Waals surface area (Å²) in [6.45, 7) is 2.80. The van der Waals surface area contributed by atoms with Gasteiger partial charge in [0.05, 0.1) is 0 Å². The Hall–Kier alpha value is -1.26. The van der Waals surface area contributed by atoms with Crippen LogP contribution < -0.4 is 5.32 Å². The second kappa shape index (κ2) is 4.78. The fourth-order valence-corrected chi connectivity index (χ4v) is 3.22. The van der Waals surface area contributed by atoms with E-state index in [9.17, 15) is 4.39 Å². The van der Waals surface area contributed by atoms with Crippen molar-refractivity contribution in [3.05, 3.63) is 51.2 Å². The van der Waals surface area contributed by atoms with Crippen LogP contribution in [0.5, 0.6) is 0 Å². The number of hydrogen-bond acceptors (Lipinski definition) is 3. The SMILES string of the molecule is Cc1csc(CNC2CCc3cc(F)ccc32)n1. The second-order valence-corrected chi connectivity index (χ2v) is 5.64. The van der Waals surface area contributed by atoms with Crippen LogP contribution >= 0.6 is 11.3 Å². The van der Waals surface area contributed by atoms with E-state index >= 15 is 0 Å². The van der Waals surface area contributed by atoms with Crippen molar-refractivity contribution >= 4 is 11.3 Å². The first-order valence-corrected chi connectivity index (χ1v) is 7.03. The van der Waals surface area contributed by atoms with E-state index in [1.54, 1.807) is 23.5 Å². The summed E-state index contributed by atoms with van der Waals surface area (Å²) in [7, 11) is 0. The molecule has 0 spiro atoms. The van der Waals surface area contributed by atoms with Crippen molar-refractivity contribution in [2.75, 3.05) is 0 Å². The van der Waals surface area contributed by atoms with Gasteiger partial charge in [-0.2, -0.15) is 0 Å². The molecule has 1 aliphatic carbocycles. The van der Waals surface area contributed by atoms with E-state index in [2.05, 4.69) is 15.7 Å². The van der Waals surface area contributed by atoms with Gasteiger partial charge in [-0.1, -0.05) is 6.07 Å². The van der Waals surface area contributed by atoms with Gasteiger partial charge in [0.1, 0.15) is 10.8 Å². The van der Waals surface area contributed by atoms with Gasteiger partial charge < -0.3 is 5.32 Å². The molecule has 2 nitrogen and oxygen atoms in total. The fraction of sp³-hybridized carbons (Fsp3) is 0.357. The number of thiazole rings is 1. The molecule has 0 amide bonds. The van der Waals surface area contributed by atoms with E-state index in [-0.39, 0.29) is 5.82 Å². The summed E-state index contributed by atoms with van der Waals surface area (Å²) in [5.41, 5.74) is 3.46. The molecule has 18 heavy (non-hydrogen) atoms. The largest absolute Gasteiger partial charge is 0.304 e. The number of nitrogens with one attached hydrogen (secondary N) is 1. The van der Waals surface area contributed by atoms with Crippen molar-refractivity contribution in [1.82, 2.24) is 10.3 Å². The minimum atomic E-state index is -0.134. The lowest BCUT2D eigenvalue weighted by molar-refractivity contribution is 0.529. The summed E-state index contributed by atoms with van der Waals surface area (Å²) in [6, 6.07) is 5.45. The first kappa shape index (κ1) is 11.8. The van der Waals surface area contributed by atoms with Crippen LogP contribution in [0.3, 0.4) is 0 Å². The molecule has 0 bridgehead atoms. The third-order valence-corrected chi connectivity index (χ3v) is 4.32. The molecule has 1 aromatic carbocycles. The maximum absolute atomic E-state index is 13.1. The Bertz CT molecular complexity index is 565. The highest BCUT2D eigenvalue weighted by molar-refractivity contribution is 7.09. The van der Waals surface area contributed by atoms with Crippen molar-refractivity contribution < 1.29 is 4.39 Å². The summed E-state index contributed by atoms with van der Waals surface area (Å²) in [4.78, 5) is 4.44. The molecule has 0 radical (unpaired) electrons. The van der Waals surface area contributed by atoms with Crippen LogP contribution in [-0.4, -0.2) is 4.98 Å². The minimum Gasteiger partial charge on any atom is -0.304 e. The Morgan fingerprint density at radius 1 is 1.50 bits per heavy atom. The van der Waals surface area contributed by atoms with Gasteiger partial charge in [-0.3, -0.25) is 0 Å². The average Bonchev–Trinajstić information content (AvgIpc) is 2.92. The Morgan fingerprint density at radius 2 is 2.39 bits per heavy atom. The highest BCUT2D eigenvalue weighted by Crippen LogP contribution is 2.31. The zero-order valence-electron chi connectivity index (χ0n) is 10.2. The number of nitrogens with zero attached hydrogens (tertiary/aromatic N) is 1. The molecule has 1 atom stereocenters. The minimum absolute atomic E-state index is 0.134. The standard InChI is InChI=1S/C14H15FN2S/c1-9-8-18-14(17-9)7-16-13-5-2-10-6-11(15)3-4-12(10)13/h3-4,6,8,13,16H,2,5,7H2,1H3. The van der Waals surface area contributed by atoms with Crippen LogP contribution in [0.1, 0.15) is 34.3 Å². The second-order valence-electron chi connectivity index (χ2n) is 4.70. The van der Waals surface area contributed by atoms with E-state index in [1.165, 1.54) is 5.56 Å². The Morgan fingerprint density at radius 3 is 3.17 bits per heavy atom.